The molecule has 1 saturated heterocycles. The quantitative estimate of drug-likeness (QED) is 0.581. The maximum Gasteiger partial charge on any atom is 0.116 e. The maximum absolute atomic E-state index is 5.41. The second-order valence-electron chi connectivity index (χ2n) is 2.88. The minimum Gasteiger partial charge on any atom is -0.384 e. The summed E-state index contributed by atoms with van der Waals surface area (Å²) < 4.78 is 1.78. The molecule has 4 nitrogen and oxygen atoms in total. The Balaban J connectivity index is 0.000000146. The van der Waals surface area contributed by atoms with Gasteiger partial charge in [-0.25, -0.2) is 0 Å². The van der Waals surface area contributed by atoms with Crippen molar-refractivity contribution < 1.29 is 0 Å². The number of H-pyrrole nitrogens is 1. The number of nitrogens with one attached hydrogen (secondary N) is 3. The Labute approximate surface area is 100 Å². The van der Waals surface area contributed by atoms with Gasteiger partial charge in [-0.3, -0.25) is 0 Å². The van der Waals surface area contributed by atoms with Crippen LogP contribution >= 0.6 is 31.9 Å². The SMILES string of the molecule is C1CNCCN1.Nc1[nH]c(Br)cc1Br. The highest BCUT2D eigenvalue weighted by Crippen LogP contribution is 2.22. The monoisotopic (exact) mass is 324 g/mol. The molecule has 1 aromatic rings. The summed E-state index contributed by atoms with van der Waals surface area (Å²) >= 11 is 6.45. The average Bonchev–Trinajstić information content (AvgIpc) is 2.48. The zero-order valence-corrected chi connectivity index (χ0v) is 10.9. The van der Waals surface area contributed by atoms with E-state index in [9.17, 15) is 0 Å². The molecule has 6 heteroatoms. The van der Waals surface area contributed by atoms with Crippen molar-refractivity contribution >= 4 is 37.7 Å². The molecular formula is C8H14Br2N4. The number of piperazine rings is 1. The Morgan fingerprint density at radius 2 is 1.57 bits per heavy atom. The highest BCUT2D eigenvalue weighted by molar-refractivity contribution is 9.11. The molecule has 0 amide bonds. The number of hydrogen-bond acceptors (Lipinski definition) is 3. The lowest BCUT2D eigenvalue weighted by atomic mass is 10.4. The van der Waals surface area contributed by atoms with E-state index >= 15 is 0 Å². The van der Waals surface area contributed by atoms with Gasteiger partial charge in [-0.05, 0) is 37.9 Å². The van der Waals surface area contributed by atoms with E-state index < -0.39 is 0 Å². The van der Waals surface area contributed by atoms with E-state index in [0.29, 0.717) is 5.82 Å². The molecule has 2 heterocycles. The predicted molar refractivity (Wildman–Crippen MR) is 66.3 cm³/mol. The second kappa shape index (κ2) is 6.44. The van der Waals surface area contributed by atoms with E-state index in [0.717, 1.165) is 35.3 Å². The Bertz CT molecular complexity index is 239. The number of nitrogens with two attached hydrogens (primary N) is 1. The van der Waals surface area contributed by atoms with Crippen molar-refractivity contribution in [3.8, 4) is 0 Å². The van der Waals surface area contributed by atoms with Crippen LogP contribution in [0.4, 0.5) is 5.82 Å². The molecule has 14 heavy (non-hydrogen) atoms. The molecule has 0 bridgehead atoms. The van der Waals surface area contributed by atoms with Crippen LogP contribution in [0, 0.1) is 0 Å². The van der Waals surface area contributed by atoms with Crippen LogP contribution < -0.4 is 16.4 Å². The van der Waals surface area contributed by atoms with Crippen molar-refractivity contribution in [2.24, 2.45) is 0 Å². The zero-order valence-electron chi connectivity index (χ0n) is 7.74. The molecule has 1 fully saturated rings. The number of rotatable bonds is 0. The topological polar surface area (TPSA) is 65.9 Å². The van der Waals surface area contributed by atoms with Crippen LogP contribution in [0.1, 0.15) is 0 Å². The fraction of sp³-hybridized carbons (Fsp3) is 0.500. The summed E-state index contributed by atoms with van der Waals surface area (Å²) in [7, 11) is 0. The molecule has 80 valence electrons. The van der Waals surface area contributed by atoms with Gasteiger partial charge in [0.2, 0.25) is 0 Å². The Morgan fingerprint density at radius 3 is 1.71 bits per heavy atom. The lowest BCUT2D eigenvalue weighted by molar-refractivity contribution is 0.534. The van der Waals surface area contributed by atoms with Gasteiger partial charge in [-0.2, -0.15) is 0 Å². The number of anilines is 1. The van der Waals surface area contributed by atoms with Crippen molar-refractivity contribution in [1.82, 2.24) is 15.6 Å². The lowest BCUT2D eigenvalue weighted by Crippen LogP contribution is -2.39. The Hall–Kier alpha value is -0.0400. The number of halogens is 2. The molecule has 0 aliphatic carbocycles. The Kier molecular flexibility index (Phi) is 5.54. The predicted octanol–water partition coefficient (Wildman–Crippen LogP) is 1.30. The smallest absolute Gasteiger partial charge is 0.116 e. The van der Waals surface area contributed by atoms with Gasteiger partial charge in [0.1, 0.15) is 5.82 Å². The van der Waals surface area contributed by atoms with Gasteiger partial charge in [0.05, 0.1) is 9.08 Å². The van der Waals surface area contributed by atoms with Gasteiger partial charge in [-0.15, -0.1) is 0 Å². The van der Waals surface area contributed by atoms with E-state index in [4.69, 9.17) is 5.73 Å². The van der Waals surface area contributed by atoms with Crippen LogP contribution in [0.25, 0.3) is 0 Å². The number of hydrogen-bond donors (Lipinski definition) is 4. The number of nitrogen functional groups attached to an aromatic ring is 1. The summed E-state index contributed by atoms with van der Waals surface area (Å²) in [5.41, 5.74) is 5.41. The summed E-state index contributed by atoms with van der Waals surface area (Å²) in [5, 5.41) is 6.44. The molecule has 0 atom stereocenters. The highest BCUT2D eigenvalue weighted by atomic mass is 79.9. The molecular weight excluding hydrogens is 312 g/mol. The van der Waals surface area contributed by atoms with Gasteiger partial charge < -0.3 is 21.4 Å². The van der Waals surface area contributed by atoms with Gasteiger partial charge >= 0.3 is 0 Å². The average molecular weight is 326 g/mol. The fourth-order valence-corrected chi connectivity index (χ4v) is 2.09. The number of aromatic amines is 1. The van der Waals surface area contributed by atoms with Crippen molar-refractivity contribution in [3.63, 3.8) is 0 Å². The van der Waals surface area contributed by atoms with E-state index in [1.54, 1.807) is 0 Å². The summed E-state index contributed by atoms with van der Waals surface area (Å²) in [6.45, 7) is 4.56. The Morgan fingerprint density at radius 1 is 1.07 bits per heavy atom. The van der Waals surface area contributed by atoms with Crippen molar-refractivity contribution in [3.05, 3.63) is 15.1 Å². The van der Waals surface area contributed by atoms with Crippen LogP contribution in [0.3, 0.4) is 0 Å². The van der Waals surface area contributed by atoms with Crippen LogP contribution in [-0.2, 0) is 0 Å². The normalized spacial score (nSPS) is 15.9. The minimum absolute atomic E-state index is 0.650. The van der Waals surface area contributed by atoms with Gasteiger partial charge in [0.25, 0.3) is 0 Å². The van der Waals surface area contributed by atoms with Gasteiger partial charge in [-0.1, -0.05) is 0 Å². The first-order valence-corrected chi connectivity index (χ1v) is 5.99. The van der Waals surface area contributed by atoms with Crippen LogP contribution in [0.5, 0.6) is 0 Å². The maximum atomic E-state index is 5.41. The summed E-state index contributed by atoms with van der Waals surface area (Å²) in [6.07, 6.45) is 0. The van der Waals surface area contributed by atoms with E-state index in [-0.39, 0.29) is 0 Å². The van der Waals surface area contributed by atoms with E-state index in [2.05, 4.69) is 47.5 Å². The lowest BCUT2D eigenvalue weighted by Gasteiger charge is -2.11. The molecule has 0 aromatic carbocycles. The summed E-state index contributed by atoms with van der Waals surface area (Å²) in [4.78, 5) is 2.85. The van der Waals surface area contributed by atoms with Crippen LogP contribution in [-0.4, -0.2) is 31.2 Å². The van der Waals surface area contributed by atoms with Crippen molar-refractivity contribution in [2.45, 2.75) is 0 Å². The molecule has 1 aromatic heterocycles. The molecule has 1 aliphatic rings. The molecule has 0 spiro atoms. The first-order valence-electron chi connectivity index (χ1n) is 4.41. The molecule has 0 unspecified atom stereocenters. The third-order valence-electron chi connectivity index (χ3n) is 1.72. The summed E-state index contributed by atoms with van der Waals surface area (Å²) in [5.74, 6) is 0.650. The molecule has 0 saturated carbocycles. The van der Waals surface area contributed by atoms with Gasteiger partial charge in [0, 0.05) is 26.2 Å². The first-order chi connectivity index (χ1) is 6.70. The molecule has 5 N–H and O–H groups in total. The van der Waals surface area contributed by atoms with Crippen LogP contribution in [0.15, 0.2) is 15.1 Å². The first kappa shape index (κ1) is 12.0. The third kappa shape index (κ3) is 4.45. The standard InChI is InChI=1S/C4H4Br2N2.C4H10N2/c5-2-1-3(6)8-4(2)7;1-2-6-4-3-5-1/h1,8H,7H2;5-6H,1-4H2. The minimum atomic E-state index is 0.650. The van der Waals surface area contributed by atoms with Crippen molar-refractivity contribution in [2.75, 3.05) is 31.9 Å². The van der Waals surface area contributed by atoms with E-state index in [1.807, 2.05) is 6.07 Å². The summed E-state index contributed by atoms with van der Waals surface area (Å²) in [6, 6.07) is 1.86. The van der Waals surface area contributed by atoms with Gasteiger partial charge in [0.15, 0.2) is 0 Å². The zero-order chi connectivity index (χ0) is 10.4. The molecule has 1 aliphatic heterocycles. The number of aromatic nitrogens is 1. The van der Waals surface area contributed by atoms with Crippen LogP contribution in [0.2, 0.25) is 0 Å². The highest BCUT2D eigenvalue weighted by Gasteiger charge is 1.96. The third-order valence-corrected chi connectivity index (χ3v) is 2.81. The van der Waals surface area contributed by atoms with E-state index in [1.165, 1.54) is 0 Å². The largest absolute Gasteiger partial charge is 0.384 e. The molecule has 0 radical (unpaired) electrons. The second-order valence-corrected chi connectivity index (χ2v) is 4.59. The van der Waals surface area contributed by atoms with Crippen molar-refractivity contribution in [1.29, 1.82) is 0 Å². The molecule has 2 rings (SSSR count). The fourth-order valence-electron chi connectivity index (χ4n) is 1.02.